The van der Waals surface area contributed by atoms with Crippen molar-refractivity contribution >= 4 is 16.9 Å². The molecular weight excluding hydrogens is 316 g/mol. The maximum Gasteiger partial charge on any atom is 0.343 e. The zero-order valence-corrected chi connectivity index (χ0v) is 15.2. The van der Waals surface area contributed by atoms with Gasteiger partial charge >= 0.3 is 5.97 Å². The van der Waals surface area contributed by atoms with E-state index in [1.165, 1.54) is 18.4 Å². The first kappa shape index (κ1) is 17.0. The monoisotopic (exact) mass is 338 g/mol. The third-order valence-corrected chi connectivity index (χ3v) is 5.01. The average Bonchev–Trinajstić information content (AvgIpc) is 2.84. The Hall–Kier alpha value is -2.82. The molecule has 1 N–H and O–H groups in total. The molecule has 2 heterocycles. The Morgan fingerprint density at radius 2 is 1.96 bits per heavy atom. The lowest BCUT2D eigenvalue weighted by atomic mass is 10.00. The van der Waals surface area contributed by atoms with E-state index in [0.717, 1.165) is 27.7 Å². The lowest BCUT2D eigenvalue weighted by Crippen LogP contribution is -2.20. The van der Waals surface area contributed by atoms with Crippen LogP contribution in [0.2, 0.25) is 0 Å². The van der Waals surface area contributed by atoms with Gasteiger partial charge in [0.2, 0.25) is 0 Å². The molecule has 0 radical (unpaired) electrons. The van der Waals surface area contributed by atoms with Crippen molar-refractivity contribution in [3.63, 3.8) is 0 Å². The van der Waals surface area contributed by atoms with Crippen LogP contribution in [0.15, 0.2) is 29.1 Å². The van der Waals surface area contributed by atoms with E-state index >= 15 is 0 Å². The van der Waals surface area contributed by atoms with E-state index in [2.05, 4.69) is 47.3 Å². The van der Waals surface area contributed by atoms with Crippen molar-refractivity contribution < 1.29 is 9.53 Å². The predicted octanol–water partition coefficient (Wildman–Crippen LogP) is 3.50. The molecule has 2 aromatic heterocycles. The molecule has 1 aromatic carbocycles. The van der Waals surface area contributed by atoms with Gasteiger partial charge in [0.25, 0.3) is 5.56 Å². The lowest BCUT2D eigenvalue weighted by molar-refractivity contribution is 0.0598. The van der Waals surface area contributed by atoms with Crippen molar-refractivity contribution in [2.45, 2.75) is 27.2 Å². The number of carbonyl (C=O) groups is 1. The molecule has 130 valence electrons. The van der Waals surface area contributed by atoms with Crippen molar-refractivity contribution in [1.82, 2.24) is 9.55 Å². The van der Waals surface area contributed by atoms with Crippen LogP contribution in [0.4, 0.5) is 0 Å². The number of H-pyrrole nitrogens is 1. The number of rotatable bonds is 3. The first-order valence-corrected chi connectivity index (χ1v) is 8.29. The van der Waals surface area contributed by atoms with Gasteiger partial charge in [0, 0.05) is 23.6 Å². The Balaban J connectivity index is 2.24. The summed E-state index contributed by atoms with van der Waals surface area (Å²) in [6.07, 6.45) is 0.695. The van der Waals surface area contributed by atoms with E-state index < -0.39 is 11.5 Å². The smallest absolute Gasteiger partial charge is 0.343 e. The second-order valence-corrected chi connectivity index (χ2v) is 6.26. The molecule has 0 bridgehead atoms. The van der Waals surface area contributed by atoms with E-state index in [1.54, 1.807) is 6.07 Å². The number of methoxy groups -OCH3 is 1. The molecule has 0 atom stereocenters. The highest BCUT2D eigenvalue weighted by Crippen LogP contribution is 2.30. The molecule has 0 aliphatic heterocycles. The summed E-state index contributed by atoms with van der Waals surface area (Å²) in [5.41, 5.74) is 5.81. The number of carbonyl (C=O) groups excluding carboxylic acids is 1. The van der Waals surface area contributed by atoms with Gasteiger partial charge < -0.3 is 14.3 Å². The number of nitrogens with zero attached hydrogens (tertiary/aromatic N) is 1. The highest BCUT2D eigenvalue weighted by Gasteiger charge is 2.16. The van der Waals surface area contributed by atoms with Crippen LogP contribution >= 0.6 is 0 Å². The van der Waals surface area contributed by atoms with Crippen LogP contribution in [0.1, 0.15) is 34.1 Å². The number of aromatic amines is 1. The third kappa shape index (κ3) is 2.65. The second-order valence-electron chi connectivity index (χ2n) is 6.26. The summed E-state index contributed by atoms with van der Waals surface area (Å²) in [5, 5.41) is 1.16. The van der Waals surface area contributed by atoms with Crippen molar-refractivity contribution in [2.75, 3.05) is 7.11 Å². The van der Waals surface area contributed by atoms with Gasteiger partial charge in [-0.15, -0.1) is 0 Å². The Morgan fingerprint density at radius 3 is 2.60 bits per heavy atom. The molecule has 0 spiro atoms. The molecule has 5 nitrogen and oxygen atoms in total. The van der Waals surface area contributed by atoms with Gasteiger partial charge in [-0.05, 0) is 55.2 Å². The van der Waals surface area contributed by atoms with Gasteiger partial charge in [-0.3, -0.25) is 4.79 Å². The summed E-state index contributed by atoms with van der Waals surface area (Å²) in [5.74, 6) is -0.618. The van der Waals surface area contributed by atoms with Crippen molar-refractivity contribution in [2.24, 2.45) is 7.05 Å². The molecular formula is C20H22N2O3. The molecule has 3 rings (SSSR count). The summed E-state index contributed by atoms with van der Waals surface area (Å²) in [4.78, 5) is 26.9. The second kappa shape index (κ2) is 6.24. The minimum atomic E-state index is -0.618. The van der Waals surface area contributed by atoms with Gasteiger partial charge in [0.1, 0.15) is 5.56 Å². The number of nitrogens with one attached hydrogen (secondary N) is 1. The molecule has 0 saturated carbocycles. The van der Waals surface area contributed by atoms with E-state index in [9.17, 15) is 9.59 Å². The van der Waals surface area contributed by atoms with Gasteiger partial charge in [0.15, 0.2) is 0 Å². The fourth-order valence-corrected chi connectivity index (χ4v) is 3.28. The molecule has 5 heteroatoms. The summed E-state index contributed by atoms with van der Waals surface area (Å²) < 4.78 is 6.85. The SMILES string of the molecule is CCc1cc(C(=O)OC)c(=O)[nH]c1-c1ccc2c(c1)c(C)c(C)n2C. The number of ether oxygens (including phenoxy) is 1. The van der Waals surface area contributed by atoms with Crippen LogP contribution in [-0.2, 0) is 18.2 Å². The van der Waals surface area contributed by atoms with E-state index in [1.807, 2.05) is 13.0 Å². The third-order valence-electron chi connectivity index (χ3n) is 5.01. The first-order valence-electron chi connectivity index (χ1n) is 8.29. The summed E-state index contributed by atoms with van der Waals surface area (Å²) in [6, 6.07) is 7.80. The number of pyridine rings is 1. The van der Waals surface area contributed by atoms with E-state index in [0.29, 0.717) is 6.42 Å². The number of esters is 1. The van der Waals surface area contributed by atoms with Crippen LogP contribution in [0.25, 0.3) is 22.2 Å². The minimum Gasteiger partial charge on any atom is -0.465 e. The Kier molecular flexibility index (Phi) is 4.25. The molecule has 25 heavy (non-hydrogen) atoms. The fraction of sp³-hybridized carbons (Fsp3) is 0.300. The van der Waals surface area contributed by atoms with Gasteiger partial charge in [-0.1, -0.05) is 13.0 Å². The van der Waals surface area contributed by atoms with Crippen molar-refractivity contribution in [1.29, 1.82) is 0 Å². The maximum atomic E-state index is 12.3. The number of aromatic nitrogens is 2. The highest BCUT2D eigenvalue weighted by molar-refractivity contribution is 5.91. The number of aryl methyl sites for hydroxylation is 3. The average molecular weight is 338 g/mol. The van der Waals surface area contributed by atoms with Crippen LogP contribution in [0.5, 0.6) is 0 Å². The summed E-state index contributed by atoms with van der Waals surface area (Å²) >= 11 is 0. The maximum absolute atomic E-state index is 12.3. The van der Waals surface area contributed by atoms with Crippen LogP contribution in [-0.4, -0.2) is 22.6 Å². The molecule has 3 aromatic rings. The standard InChI is InChI=1S/C20H22N2O3/c1-6-13-9-16(20(24)25-5)19(23)21-18(13)14-7-8-17-15(10-14)11(2)12(3)22(17)4/h7-10H,6H2,1-5H3,(H,21,23). The number of fused-ring (bicyclic) bond motifs is 1. The molecule has 0 unspecified atom stereocenters. The molecule has 0 fully saturated rings. The topological polar surface area (TPSA) is 64.1 Å². The molecule has 0 amide bonds. The number of benzene rings is 1. The lowest BCUT2D eigenvalue weighted by Gasteiger charge is -2.10. The zero-order valence-electron chi connectivity index (χ0n) is 15.2. The number of hydrogen-bond acceptors (Lipinski definition) is 3. The first-order chi connectivity index (χ1) is 11.9. The molecule has 0 saturated heterocycles. The van der Waals surface area contributed by atoms with Crippen LogP contribution in [0, 0.1) is 13.8 Å². The number of hydrogen-bond donors (Lipinski definition) is 1. The van der Waals surface area contributed by atoms with Gasteiger partial charge in [-0.25, -0.2) is 4.79 Å². The van der Waals surface area contributed by atoms with Crippen molar-refractivity contribution in [3.8, 4) is 11.3 Å². The van der Waals surface area contributed by atoms with Gasteiger partial charge in [0.05, 0.1) is 12.8 Å². The summed E-state index contributed by atoms with van der Waals surface area (Å²) in [6.45, 7) is 6.19. The van der Waals surface area contributed by atoms with Crippen LogP contribution < -0.4 is 5.56 Å². The largest absolute Gasteiger partial charge is 0.465 e. The molecule has 0 aliphatic carbocycles. The van der Waals surface area contributed by atoms with Crippen molar-refractivity contribution in [3.05, 3.63) is 57.0 Å². The van der Waals surface area contributed by atoms with E-state index in [-0.39, 0.29) is 5.56 Å². The Bertz CT molecular complexity index is 1040. The van der Waals surface area contributed by atoms with E-state index in [4.69, 9.17) is 0 Å². The Morgan fingerprint density at radius 1 is 1.24 bits per heavy atom. The molecule has 0 aliphatic rings. The van der Waals surface area contributed by atoms with Gasteiger partial charge in [-0.2, -0.15) is 0 Å². The minimum absolute atomic E-state index is 0.0379. The van der Waals surface area contributed by atoms with Crippen LogP contribution in [0.3, 0.4) is 0 Å². The summed E-state index contributed by atoms with van der Waals surface area (Å²) in [7, 11) is 3.32. The Labute approximate surface area is 146 Å². The normalized spacial score (nSPS) is 11.1. The fourth-order valence-electron chi connectivity index (χ4n) is 3.28. The zero-order chi connectivity index (χ0) is 18.3. The highest BCUT2D eigenvalue weighted by atomic mass is 16.5. The quantitative estimate of drug-likeness (QED) is 0.744. The predicted molar refractivity (Wildman–Crippen MR) is 99.2 cm³/mol.